The fraction of sp³-hybridized carbons (Fsp3) is 1.00. The van der Waals surface area contributed by atoms with Gasteiger partial charge in [0.2, 0.25) is 0 Å². The molecule has 0 aromatic heterocycles. The minimum absolute atomic E-state index is 0.807. The van der Waals surface area contributed by atoms with Gasteiger partial charge < -0.3 is 4.74 Å². The number of hydrogen-bond donors (Lipinski definition) is 0. The molecule has 1 saturated heterocycles. The van der Waals surface area contributed by atoms with Gasteiger partial charge in [-0.3, -0.25) is 4.67 Å². The Morgan fingerprint density at radius 3 is 2.60 bits per heavy atom. The molecular formula is C7H16NOP. The second kappa shape index (κ2) is 4.27. The Balaban J connectivity index is 2.13. The summed E-state index contributed by atoms with van der Waals surface area (Å²) in [6, 6.07) is 0. The van der Waals surface area contributed by atoms with Gasteiger partial charge in [-0.15, -0.1) is 0 Å². The molecule has 0 aromatic rings. The summed E-state index contributed by atoms with van der Waals surface area (Å²) in [4.78, 5) is 0. The molecule has 0 bridgehead atoms. The number of methoxy groups -OCH3 is 1. The van der Waals surface area contributed by atoms with Gasteiger partial charge in [0.1, 0.15) is 0 Å². The highest BCUT2D eigenvalue weighted by molar-refractivity contribution is 7.13. The first-order valence-corrected chi connectivity index (χ1v) is 4.33. The van der Waals surface area contributed by atoms with Crippen LogP contribution in [0.3, 0.4) is 0 Å². The Kier molecular flexibility index (Phi) is 3.61. The molecule has 0 amide bonds. The van der Waals surface area contributed by atoms with Crippen LogP contribution >= 0.6 is 9.39 Å². The average molecular weight is 161 g/mol. The number of hydrogen-bond acceptors (Lipinski definition) is 2. The van der Waals surface area contributed by atoms with Gasteiger partial charge in [-0.1, -0.05) is 9.39 Å². The second-order valence-electron chi connectivity index (χ2n) is 2.93. The van der Waals surface area contributed by atoms with Crippen LogP contribution in [-0.2, 0) is 4.74 Å². The summed E-state index contributed by atoms with van der Waals surface area (Å²) in [5.74, 6) is 0.807. The largest absolute Gasteiger partial charge is 0.384 e. The van der Waals surface area contributed by atoms with Crippen molar-refractivity contribution in [3.8, 4) is 0 Å². The molecular weight excluding hydrogens is 145 g/mol. The summed E-state index contributed by atoms with van der Waals surface area (Å²) in [6.07, 6.45) is 2.58. The lowest BCUT2D eigenvalue weighted by atomic mass is 9.99. The van der Waals surface area contributed by atoms with Crippen molar-refractivity contribution in [3.05, 3.63) is 0 Å². The Bertz CT molecular complexity index is 91.6. The van der Waals surface area contributed by atoms with E-state index in [9.17, 15) is 0 Å². The van der Waals surface area contributed by atoms with Crippen molar-refractivity contribution >= 4 is 9.39 Å². The highest BCUT2D eigenvalue weighted by Gasteiger charge is 2.15. The van der Waals surface area contributed by atoms with Gasteiger partial charge in [0.25, 0.3) is 0 Å². The average Bonchev–Trinajstić information content (AvgIpc) is 1.95. The van der Waals surface area contributed by atoms with Crippen LogP contribution in [0.15, 0.2) is 0 Å². The summed E-state index contributed by atoms with van der Waals surface area (Å²) in [5.41, 5.74) is 0. The van der Waals surface area contributed by atoms with Crippen LogP contribution in [0, 0.1) is 5.92 Å². The van der Waals surface area contributed by atoms with Crippen molar-refractivity contribution in [1.29, 1.82) is 0 Å². The highest BCUT2D eigenvalue weighted by atomic mass is 31.0. The zero-order valence-corrected chi connectivity index (χ0v) is 7.70. The molecule has 0 spiro atoms. The van der Waals surface area contributed by atoms with Gasteiger partial charge in [0.05, 0.1) is 0 Å². The standard InChI is InChI=1S/C7H16NOP/c1-9-6-7-2-4-8(10)5-3-7/h7H,2-6,10H2,1H3. The van der Waals surface area contributed by atoms with E-state index in [1.54, 1.807) is 7.11 Å². The normalized spacial score (nSPS) is 23.4. The van der Waals surface area contributed by atoms with E-state index in [2.05, 4.69) is 14.1 Å². The first-order chi connectivity index (χ1) is 4.83. The van der Waals surface area contributed by atoms with Gasteiger partial charge in [-0.25, -0.2) is 0 Å². The molecule has 1 fully saturated rings. The van der Waals surface area contributed by atoms with Crippen LogP contribution in [0.1, 0.15) is 12.8 Å². The van der Waals surface area contributed by atoms with E-state index < -0.39 is 0 Å². The number of ether oxygens (including phenoxy) is 1. The van der Waals surface area contributed by atoms with E-state index in [1.807, 2.05) is 0 Å². The maximum Gasteiger partial charge on any atom is 0.0491 e. The maximum absolute atomic E-state index is 5.09. The van der Waals surface area contributed by atoms with Crippen LogP contribution in [-0.4, -0.2) is 31.5 Å². The van der Waals surface area contributed by atoms with Crippen LogP contribution < -0.4 is 0 Å². The molecule has 1 atom stereocenters. The van der Waals surface area contributed by atoms with E-state index in [0.717, 1.165) is 12.5 Å². The molecule has 10 heavy (non-hydrogen) atoms. The monoisotopic (exact) mass is 161 g/mol. The van der Waals surface area contributed by atoms with Gasteiger partial charge in [0, 0.05) is 26.8 Å². The third-order valence-electron chi connectivity index (χ3n) is 2.05. The molecule has 1 aliphatic heterocycles. The quantitative estimate of drug-likeness (QED) is 0.563. The lowest BCUT2D eigenvalue weighted by Gasteiger charge is -2.27. The fourth-order valence-electron chi connectivity index (χ4n) is 1.36. The topological polar surface area (TPSA) is 12.5 Å². The van der Waals surface area contributed by atoms with Crippen molar-refractivity contribution in [3.63, 3.8) is 0 Å². The first kappa shape index (κ1) is 8.45. The van der Waals surface area contributed by atoms with Crippen molar-refractivity contribution < 1.29 is 4.74 Å². The van der Waals surface area contributed by atoms with Gasteiger partial charge in [-0.2, -0.15) is 0 Å². The van der Waals surface area contributed by atoms with Crippen molar-refractivity contribution in [1.82, 2.24) is 4.67 Å². The SMILES string of the molecule is COCC1CCN(P)CC1. The minimum Gasteiger partial charge on any atom is -0.384 e. The second-order valence-corrected chi connectivity index (χ2v) is 3.66. The molecule has 0 aliphatic carbocycles. The molecule has 0 radical (unpaired) electrons. The Hall–Kier alpha value is 0.350. The summed E-state index contributed by atoms with van der Waals surface area (Å²) in [7, 11) is 4.54. The third kappa shape index (κ3) is 2.53. The molecule has 3 heteroatoms. The predicted octanol–water partition coefficient (Wildman–Crippen LogP) is 1.13. The Morgan fingerprint density at radius 1 is 1.50 bits per heavy atom. The van der Waals surface area contributed by atoms with E-state index in [0.29, 0.717) is 0 Å². The first-order valence-electron chi connectivity index (χ1n) is 3.81. The fourth-order valence-corrected chi connectivity index (χ4v) is 1.65. The molecule has 0 saturated carbocycles. The van der Waals surface area contributed by atoms with E-state index in [1.165, 1.54) is 25.9 Å². The molecule has 1 unspecified atom stereocenters. The lowest BCUT2D eigenvalue weighted by Crippen LogP contribution is -2.27. The molecule has 1 rings (SSSR count). The minimum atomic E-state index is 0.807. The molecule has 0 aromatic carbocycles. The lowest BCUT2D eigenvalue weighted by molar-refractivity contribution is 0.123. The van der Waals surface area contributed by atoms with Crippen LogP contribution in [0.4, 0.5) is 0 Å². The predicted molar refractivity (Wildman–Crippen MR) is 45.9 cm³/mol. The van der Waals surface area contributed by atoms with Gasteiger partial charge in [-0.05, 0) is 18.8 Å². The van der Waals surface area contributed by atoms with E-state index in [4.69, 9.17) is 4.74 Å². The van der Waals surface area contributed by atoms with E-state index >= 15 is 0 Å². The number of rotatable bonds is 2. The summed E-state index contributed by atoms with van der Waals surface area (Å²) in [6.45, 7) is 3.36. The van der Waals surface area contributed by atoms with Crippen LogP contribution in [0.25, 0.3) is 0 Å². The van der Waals surface area contributed by atoms with Crippen LogP contribution in [0.2, 0.25) is 0 Å². The van der Waals surface area contributed by atoms with E-state index in [-0.39, 0.29) is 0 Å². The van der Waals surface area contributed by atoms with Crippen molar-refractivity contribution in [2.24, 2.45) is 5.92 Å². The molecule has 2 nitrogen and oxygen atoms in total. The van der Waals surface area contributed by atoms with Gasteiger partial charge in [0.15, 0.2) is 0 Å². The van der Waals surface area contributed by atoms with Crippen molar-refractivity contribution in [2.75, 3.05) is 26.8 Å². The smallest absolute Gasteiger partial charge is 0.0491 e. The number of piperidine rings is 1. The third-order valence-corrected chi connectivity index (χ3v) is 2.57. The van der Waals surface area contributed by atoms with Gasteiger partial charge >= 0.3 is 0 Å². The molecule has 1 aliphatic rings. The molecule has 1 heterocycles. The van der Waals surface area contributed by atoms with Crippen molar-refractivity contribution in [2.45, 2.75) is 12.8 Å². The number of nitrogens with zero attached hydrogens (tertiary/aromatic N) is 1. The maximum atomic E-state index is 5.09. The summed E-state index contributed by atoms with van der Waals surface area (Å²) >= 11 is 0. The summed E-state index contributed by atoms with van der Waals surface area (Å²) in [5, 5.41) is 0. The summed E-state index contributed by atoms with van der Waals surface area (Å²) < 4.78 is 7.39. The highest BCUT2D eigenvalue weighted by Crippen LogP contribution is 2.18. The zero-order chi connectivity index (χ0) is 7.40. The zero-order valence-electron chi connectivity index (χ0n) is 6.55. The Morgan fingerprint density at radius 2 is 2.10 bits per heavy atom. The molecule has 60 valence electrons. The molecule has 0 N–H and O–H groups in total. The van der Waals surface area contributed by atoms with Crippen LogP contribution in [0.5, 0.6) is 0 Å². The Labute approximate surface area is 65.2 Å².